The van der Waals surface area contributed by atoms with Gasteiger partial charge in [0, 0.05) is 19.1 Å². The number of aliphatic hydroxyl groups excluding tert-OH is 1. The summed E-state index contributed by atoms with van der Waals surface area (Å²) in [5, 5.41) is 8.72. The van der Waals surface area contributed by atoms with Crippen molar-refractivity contribution in [2.24, 2.45) is 11.8 Å². The summed E-state index contributed by atoms with van der Waals surface area (Å²) >= 11 is 3.58. The van der Waals surface area contributed by atoms with E-state index in [1.165, 1.54) is 0 Å². The first-order valence-corrected chi connectivity index (χ1v) is 8.26. The van der Waals surface area contributed by atoms with Crippen LogP contribution in [-0.4, -0.2) is 42.4 Å². The zero-order valence-electron chi connectivity index (χ0n) is 11.5. The molecule has 3 aliphatic carbocycles. The molecule has 3 unspecified atom stereocenters. The molecule has 4 atom stereocenters. The van der Waals surface area contributed by atoms with Crippen LogP contribution < -0.4 is 0 Å². The summed E-state index contributed by atoms with van der Waals surface area (Å²) in [5.74, 6) is 0.218. The van der Waals surface area contributed by atoms with E-state index in [9.17, 15) is 4.79 Å². The third-order valence-corrected chi connectivity index (χ3v) is 5.48. The molecular formula is C15H21BrO4. The van der Waals surface area contributed by atoms with Crippen molar-refractivity contribution >= 4 is 21.7 Å². The van der Waals surface area contributed by atoms with Crippen LogP contribution in [0.3, 0.4) is 0 Å². The molecule has 1 saturated carbocycles. The second kappa shape index (κ2) is 5.87. The van der Waals surface area contributed by atoms with E-state index in [1.54, 1.807) is 0 Å². The van der Waals surface area contributed by atoms with Crippen LogP contribution in [0, 0.1) is 11.8 Å². The number of carbonyl (C=O) groups is 1. The quantitative estimate of drug-likeness (QED) is 0.568. The summed E-state index contributed by atoms with van der Waals surface area (Å²) in [6, 6.07) is 0. The molecule has 5 heteroatoms. The molecule has 20 heavy (non-hydrogen) atoms. The van der Waals surface area contributed by atoms with Crippen molar-refractivity contribution in [3.63, 3.8) is 0 Å². The molecule has 112 valence electrons. The summed E-state index contributed by atoms with van der Waals surface area (Å²) in [7, 11) is 0. The lowest BCUT2D eigenvalue weighted by Crippen LogP contribution is -2.53. The molecule has 0 amide bonds. The van der Waals surface area contributed by atoms with Gasteiger partial charge in [-0.3, -0.25) is 4.79 Å². The molecule has 4 rings (SSSR count). The Bertz CT molecular complexity index is 416. The Labute approximate surface area is 127 Å². The number of epoxide rings is 1. The Balaban J connectivity index is 1.50. The highest BCUT2D eigenvalue weighted by molar-refractivity contribution is 9.11. The molecule has 4 nitrogen and oxygen atoms in total. The van der Waals surface area contributed by atoms with Crippen molar-refractivity contribution in [1.29, 1.82) is 0 Å². The van der Waals surface area contributed by atoms with Gasteiger partial charge in [-0.1, -0.05) is 34.8 Å². The highest BCUT2D eigenvalue weighted by Gasteiger charge is 2.66. The zero-order chi connectivity index (χ0) is 14.2. The SMILES string of the molecule is O=C1C2C=C(Br)C(CC2OCCCCCCO)[C@@]12CO2. The molecule has 1 N–H and O–H groups in total. The van der Waals surface area contributed by atoms with Crippen molar-refractivity contribution in [2.75, 3.05) is 19.8 Å². The fourth-order valence-corrected chi connectivity index (χ4v) is 4.23. The second-order valence-electron chi connectivity index (χ2n) is 5.96. The average Bonchev–Trinajstić information content (AvgIpc) is 3.22. The van der Waals surface area contributed by atoms with Gasteiger partial charge in [0.15, 0.2) is 11.4 Å². The maximum Gasteiger partial charge on any atom is 0.177 e. The van der Waals surface area contributed by atoms with Crippen LogP contribution in [0.25, 0.3) is 0 Å². The van der Waals surface area contributed by atoms with Gasteiger partial charge in [0.05, 0.1) is 18.6 Å². The van der Waals surface area contributed by atoms with Crippen LogP contribution in [-0.2, 0) is 14.3 Å². The van der Waals surface area contributed by atoms with Crippen molar-refractivity contribution in [3.05, 3.63) is 10.6 Å². The number of rotatable bonds is 7. The normalized spacial score (nSPS) is 38.4. The van der Waals surface area contributed by atoms with Crippen molar-refractivity contribution in [3.8, 4) is 0 Å². The molecule has 2 fully saturated rings. The predicted molar refractivity (Wildman–Crippen MR) is 77.6 cm³/mol. The zero-order valence-corrected chi connectivity index (χ0v) is 13.1. The number of ether oxygens (including phenoxy) is 2. The van der Waals surface area contributed by atoms with Gasteiger partial charge in [-0.25, -0.2) is 0 Å². The molecule has 0 aromatic heterocycles. The van der Waals surface area contributed by atoms with Crippen LogP contribution in [0.4, 0.5) is 0 Å². The maximum atomic E-state index is 12.4. The predicted octanol–water partition coefficient (Wildman–Crippen LogP) is 2.19. The van der Waals surface area contributed by atoms with E-state index in [2.05, 4.69) is 15.9 Å². The lowest BCUT2D eigenvalue weighted by molar-refractivity contribution is -0.140. The smallest absolute Gasteiger partial charge is 0.177 e. The Morgan fingerprint density at radius 2 is 2.15 bits per heavy atom. The van der Waals surface area contributed by atoms with Gasteiger partial charge in [-0.05, 0) is 23.7 Å². The van der Waals surface area contributed by atoms with Crippen LogP contribution in [0.15, 0.2) is 10.6 Å². The lowest BCUT2D eigenvalue weighted by atomic mass is 9.66. The van der Waals surface area contributed by atoms with Gasteiger partial charge in [0.2, 0.25) is 0 Å². The van der Waals surface area contributed by atoms with Crippen LogP contribution >= 0.6 is 15.9 Å². The first-order valence-electron chi connectivity index (χ1n) is 7.47. The van der Waals surface area contributed by atoms with E-state index in [0.29, 0.717) is 13.2 Å². The second-order valence-corrected chi connectivity index (χ2v) is 6.87. The van der Waals surface area contributed by atoms with Gasteiger partial charge < -0.3 is 14.6 Å². The number of hydrogen-bond acceptors (Lipinski definition) is 4. The topological polar surface area (TPSA) is 59.1 Å². The van der Waals surface area contributed by atoms with Gasteiger partial charge >= 0.3 is 0 Å². The Morgan fingerprint density at radius 3 is 2.85 bits per heavy atom. The number of ketones is 1. The maximum absolute atomic E-state index is 12.4. The third kappa shape index (κ3) is 2.49. The first kappa shape index (κ1) is 14.7. The van der Waals surface area contributed by atoms with Gasteiger partial charge in [0.1, 0.15) is 0 Å². The molecule has 4 aliphatic rings. The summed E-state index contributed by atoms with van der Waals surface area (Å²) < 4.78 is 12.5. The largest absolute Gasteiger partial charge is 0.396 e. The van der Waals surface area contributed by atoms with E-state index in [4.69, 9.17) is 14.6 Å². The van der Waals surface area contributed by atoms with E-state index < -0.39 is 5.60 Å². The number of aliphatic hydroxyl groups is 1. The number of unbranched alkanes of at least 4 members (excludes halogenated alkanes) is 3. The number of fused-ring (bicyclic) bond motifs is 1. The number of carbonyl (C=O) groups excluding carboxylic acids is 1. The minimum atomic E-state index is -0.515. The van der Waals surface area contributed by atoms with Crippen LogP contribution in [0.2, 0.25) is 0 Å². The first-order chi connectivity index (χ1) is 9.69. The number of halogens is 1. The van der Waals surface area contributed by atoms with E-state index >= 15 is 0 Å². The molecule has 1 spiro atoms. The fraction of sp³-hybridized carbons (Fsp3) is 0.800. The molecule has 0 aromatic rings. The van der Waals surface area contributed by atoms with Gasteiger partial charge in [-0.15, -0.1) is 0 Å². The minimum Gasteiger partial charge on any atom is -0.396 e. The molecule has 0 radical (unpaired) electrons. The Hall–Kier alpha value is -0.230. The molecular weight excluding hydrogens is 324 g/mol. The van der Waals surface area contributed by atoms with Crippen molar-refractivity contribution < 1.29 is 19.4 Å². The van der Waals surface area contributed by atoms with Crippen molar-refractivity contribution in [2.45, 2.75) is 43.8 Å². The van der Waals surface area contributed by atoms with Gasteiger partial charge in [-0.2, -0.15) is 0 Å². The van der Waals surface area contributed by atoms with E-state index in [-0.39, 0.29) is 30.3 Å². The monoisotopic (exact) mass is 344 g/mol. The lowest BCUT2D eigenvalue weighted by Gasteiger charge is -2.42. The Kier molecular flexibility index (Phi) is 4.32. The molecule has 1 saturated heterocycles. The van der Waals surface area contributed by atoms with Gasteiger partial charge in [0.25, 0.3) is 0 Å². The summed E-state index contributed by atoms with van der Waals surface area (Å²) in [5.41, 5.74) is -0.515. The molecule has 0 aromatic carbocycles. The molecule has 1 aliphatic heterocycles. The summed E-state index contributed by atoms with van der Waals surface area (Å²) in [6.45, 7) is 1.54. The summed E-state index contributed by atoms with van der Waals surface area (Å²) in [4.78, 5) is 12.4. The highest BCUT2D eigenvalue weighted by atomic mass is 79.9. The molecule has 1 heterocycles. The fourth-order valence-electron chi connectivity index (χ4n) is 3.39. The number of Topliss-reactive ketones (excluding diaryl/α,β-unsaturated/α-hetero) is 1. The number of hydrogen-bond donors (Lipinski definition) is 1. The van der Waals surface area contributed by atoms with Crippen molar-refractivity contribution in [1.82, 2.24) is 0 Å². The van der Waals surface area contributed by atoms with Crippen LogP contribution in [0.1, 0.15) is 32.1 Å². The summed E-state index contributed by atoms with van der Waals surface area (Å²) in [6.07, 6.45) is 6.88. The van der Waals surface area contributed by atoms with Crippen LogP contribution in [0.5, 0.6) is 0 Å². The third-order valence-electron chi connectivity index (χ3n) is 4.66. The standard InChI is InChI=1S/C15H21BrO4/c16-12-7-10-13(19-6-4-2-1-3-5-17)8-11(12)15(9-20-15)14(10)18/h7,10-11,13,17H,1-6,8-9H2/t10?,11?,13?,15-/m0/s1. The van der Waals surface area contributed by atoms with E-state index in [1.807, 2.05) is 6.08 Å². The Morgan fingerprint density at radius 1 is 1.40 bits per heavy atom. The molecule has 2 bridgehead atoms. The average molecular weight is 345 g/mol. The van der Waals surface area contributed by atoms with E-state index in [0.717, 1.165) is 36.6 Å². The highest BCUT2D eigenvalue weighted by Crippen LogP contribution is 2.55. The minimum absolute atomic E-state index is 0.0152.